The van der Waals surface area contributed by atoms with E-state index in [1.807, 2.05) is 0 Å². The summed E-state index contributed by atoms with van der Waals surface area (Å²) < 4.78 is 9.89. The van der Waals surface area contributed by atoms with Crippen molar-refractivity contribution in [3.8, 4) is 23.0 Å². The summed E-state index contributed by atoms with van der Waals surface area (Å²) in [6, 6.07) is 7.73. The summed E-state index contributed by atoms with van der Waals surface area (Å²) in [5.41, 5.74) is 0.438. The third kappa shape index (κ3) is 6.68. The molecular formula is C20H18N2O8. The molecule has 156 valence electrons. The van der Waals surface area contributed by atoms with Gasteiger partial charge in [-0.25, -0.2) is 0 Å². The first-order valence-electron chi connectivity index (χ1n) is 8.47. The fourth-order valence-corrected chi connectivity index (χ4v) is 2.18. The first-order chi connectivity index (χ1) is 14.1. The molecule has 0 radical (unpaired) electrons. The third-order valence-electron chi connectivity index (χ3n) is 3.35. The van der Waals surface area contributed by atoms with Gasteiger partial charge in [-0.05, 0) is 24.3 Å². The molecule has 0 aliphatic rings. The highest BCUT2D eigenvalue weighted by molar-refractivity contribution is 6.07. The minimum Gasteiger partial charge on any atom is -0.504 e. The summed E-state index contributed by atoms with van der Waals surface area (Å²) in [5.74, 6) is -3.38. The van der Waals surface area contributed by atoms with E-state index in [1.165, 1.54) is 37.3 Å². The van der Waals surface area contributed by atoms with Crippen molar-refractivity contribution in [2.24, 2.45) is 0 Å². The van der Waals surface area contributed by atoms with Gasteiger partial charge in [0.2, 0.25) is 11.8 Å². The molecule has 0 atom stereocenters. The minimum atomic E-state index is -0.660. The molecule has 0 bridgehead atoms. The minimum absolute atomic E-state index is 0.00256. The Hall–Kier alpha value is -4.34. The van der Waals surface area contributed by atoms with Gasteiger partial charge in [0.1, 0.15) is 0 Å². The zero-order chi connectivity index (χ0) is 22.3. The Labute approximate surface area is 170 Å². The number of phenolic OH excluding ortho intramolecular Hbond substituents is 2. The highest BCUT2D eigenvalue weighted by atomic mass is 16.6. The molecule has 0 unspecified atom stereocenters. The maximum Gasteiger partial charge on any atom is 0.308 e. The van der Waals surface area contributed by atoms with Crippen LogP contribution in [0.15, 0.2) is 48.6 Å². The second-order valence-electron chi connectivity index (χ2n) is 5.86. The number of hydrogen-bond donors (Lipinski definition) is 4. The number of rotatable bonds is 6. The lowest BCUT2D eigenvalue weighted by Crippen LogP contribution is -2.12. The van der Waals surface area contributed by atoms with Gasteiger partial charge >= 0.3 is 11.9 Å². The molecule has 2 aromatic carbocycles. The zero-order valence-corrected chi connectivity index (χ0v) is 16.0. The Morgan fingerprint density at radius 2 is 1.23 bits per heavy atom. The van der Waals surface area contributed by atoms with Gasteiger partial charge in [-0.1, -0.05) is 0 Å². The molecule has 0 saturated heterocycles. The van der Waals surface area contributed by atoms with Gasteiger partial charge < -0.3 is 30.3 Å². The molecule has 0 aliphatic carbocycles. The van der Waals surface area contributed by atoms with Crippen LogP contribution in [0, 0.1) is 0 Å². The quantitative estimate of drug-likeness (QED) is 0.184. The van der Waals surface area contributed by atoms with E-state index in [0.29, 0.717) is 0 Å². The van der Waals surface area contributed by atoms with E-state index < -0.39 is 29.5 Å². The molecular weight excluding hydrogens is 396 g/mol. The summed E-state index contributed by atoms with van der Waals surface area (Å²) in [5, 5.41) is 23.5. The van der Waals surface area contributed by atoms with E-state index in [-0.39, 0.29) is 28.6 Å². The lowest BCUT2D eigenvalue weighted by atomic mass is 10.2. The molecule has 0 spiro atoms. The van der Waals surface area contributed by atoms with Gasteiger partial charge in [0.25, 0.3) is 0 Å². The average Bonchev–Trinajstić information content (AvgIpc) is 2.64. The number of amides is 2. The zero-order valence-electron chi connectivity index (χ0n) is 16.0. The van der Waals surface area contributed by atoms with Crippen molar-refractivity contribution in [1.29, 1.82) is 0 Å². The fraction of sp³-hybridized carbons (Fsp3) is 0.100. The van der Waals surface area contributed by atoms with Crippen LogP contribution in [0.3, 0.4) is 0 Å². The van der Waals surface area contributed by atoms with Crippen molar-refractivity contribution in [2.75, 3.05) is 10.6 Å². The average molecular weight is 414 g/mol. The van der Waals surface area contributed by atoms with Crippen molar-refractivity contribution >= 4 is 35.1 Å². The Morgan fingerprint density at radius 1 is 0.733 bits per heavy atom. The lowest BCUT2D eigenvalue weighted by molar-refractivity contribution is -0.134. The lowest BCUT2D eigenvalue weighted by Gasteiger charge is -2.10. The van der Waals surface area contributed by atoms with Gasteiger partial charge in [-0.15, -0.1) is 0 Å². The highest BCUT2D eigenvalue weighted by Crippen LogP contribution is 2.31. The number of nitrogens with one attached hydrogen (secondary N) is 2. The number of anilines is 2. The van der Waals surface area contributed by atoms with Crippen LogP contribution in [0.25, 0.3) is 0 Å². The Bertz CT molecular complexity index is 1030. The first-order valence-corrected chi connectivity index (χ1v) is 8.47. The van der Waals surface area contributed by atoms with Crippen molar-refractivity contribution in [2.45, 2.75) is 13.8 Å². The number of phenols is 2. The molecule has 2 amide bonds. The van der Waals surface area contributed by atoms with E-state index in [4.69, 9.17) is 9.47 Å². The largest absolute Gasteiger partial charge is 0.504 e. The number of esters is 2. The predicted molar refractivity (Wildman–Crippen MR) is 105 cm³/mol. The van der Waals surface area contributed by atoms with Crippen LogP contribution in [0.1, 0.15) is 13.8 Å². The van der Waals surface area contributed by atoms with E-state index in [0.717, 1.165) is 25.1 Å². The molecule has 30 heavy (non-hydrogen) atoms. The van der Waals surface area contributed by atoms with E-state index in [1.54, 1.807) is 0 Å². The second-order valence-corrected chi connectivity index (χ2v) is 5.86. The van der Waals surface area contributed by atoms with E-state index in [2.05, 4.69) is 10.6 Å². The predicted octanol–water partition coefficient (Wildman–Crippen LogP) is 2.08. The van der Waals surface area contributed by atoms with Crippen LogP contribution in [0.2, 0.25) is 0 Å². The van der Waals surface area contributed by atoms with Crippen LogP contribution in [-0.2, 0) is 19.2 Å². The summed E-state index contributed by atoms with van der Waals surface area (Å²) >= 11 is 0. The van der Waals surface area contributed by atoms with Gasteiger partial charge in [-0.3, -0.25) is 19.2 Å². The summed E-state index contributed by atoms with van der Waals surface area (Å²) in [4.78, 5) is 46.2. The number of carbonyl (C=O) groups is 4. The fourth-order valence-electron chi connectivity index (χ4n) is 2.18. The molecule has 4 N–H and O–H groups in total. The maximum absolute atomic E-state index is 12.0. The van der Waals surface area contributed by atoms with Gasteiger partial charge in [0.15, 0.2) is 23.0 Å². The smallest absolute Gasteiger partial charge is 0.308 e. The summed E-state index contributed by atoms with van der Waals surface area (Å²) in [6.45, 7) is 2.35. The molecule has 0 heterocycles. The van der Waals surface area contributed by atoms with Gasteiger partial charge in [0, 0.05) is 49.5 Å². The maximum atomic E-state index is 12.0. The normalized spacial score (nSPS) is 10.3. The number of ether oxygens (including phenoxy) is 2. The molecule has 2 aromatic rings. The topological polar surface area (TPSA) is 151 Å². The molecule has 2 rings (SSSR count). The van der Waals surface area contributed by atoms with Crippen LogP contribution in [-0.4, -0.2) is 34.0 Å². The van der Waals surface area contributed by atoms with E-state index >= 15 is 0 Å². The highest BCUT2D eigenvalue weighted by Gasteiger charge is 2.12. The Kier molecular flexibility index (Phi) is 7.12. The summed E-state index contributed by atoms with van der Waals surface area (Å²) in [6.07, 6.45) is 1.92. The third-order valence-corrected chi connectivity index (χ3v) is 3.35. The first kappa shape index (κ1) is 22.0. The van der Waals surface area contributed by atoms with Crippen molar-refractivity contribution in [3.05, 3.63) is 48.6 Å². The van der Waals surface area contributed by atoms with Crippen LogP contribution < -0.4 is 20.1 Å². The number of carbonyl (C=O) groups excluding carboxylic acids is 4. The molecule has 10 nitrogen and oxygen atoms in total. The second kappa shape index (κ2) is 9.73. The molecule has 0 aromatic heterocycles. The molecule has 10 heteroatoms. The number of hydrogen-bond acceptors (Lipinski definition) is 8. The Morgan fingerprint density at radius 3 is 1.77 bits per heavy atom. The SMILES string of the molecule is CC(=O)Oc1ccc(NC(=O)/C=C\C(=O)Nc2ccc(O)c(O)c2)cc1OC(C)=O. The van der Waals surface area contributed by atoms with Crippen LogP contribution in [0.4, 0.5) is 11.4 Å². The van der Waals surface area contributed by atoms with Crippen LogP contribution in [0.5, 0.6) is 23.0 Å². The standard InChI is InChI=1S/C20H18N2O8/c1-11(23)29-17-6-4-14(10-18(17)30-12(2)24)22-20(28)8-7-19(27)21-13-3-5-15(25)16(26)9-13/h3-10,25-26H,1-2H3,(H,21,27)(H,22,28)/b8-7-. The van der Waals surface area contributed by atoms with Crippen molar-refractivity contribution < 1.29 is 38.9 Å². The monoisotopic (exact) mass is 414 g/mol. The number of aromatic hydroxyl groups is 2. The Balaban J connectivity index is 2.03. The molecule has 0 fully saturated rings. The molecule has 0 saturated carbocycles. The van der Waals surface area contributed by atoms with Gasteiger partial charge in [0.05, 0.1) is 0 Å². The van der Waals surface area contributed by atoms with Crippen molar-refractivity contribution in [3.63, 3.8) is 0 Å². The molecule has 0 aliphatic heterocycles. The van der Waals surface area contributed by atoms with Crippen molar-refractivity contribution in [1.82, 2.24) is 0 Å². The number of benzene rings is 2. The van der Waals surface area contributed by atoms with Crippen LogP contribution >= 0.6 is 0 Å². The van der Waals surface area contributed by atoms with Gasteiger partial charge in [-0.2, -0.15) is 0 Å². The van der Waals surface area contributed by atoms with E-state index in [9.17, 15) is 29.4 Å². The summed E-state index contributed by atoms with van der Waals surface area (Å²) in [7, 11) is 0.